The highest BCUT2D eigenvalue weighted by Crippen LogP contribution is 2.27. The zero-order chi connectivity index (χ0) is 22.5. The molecule has 2 N–H and O–H groups in total. The van der Waals surface area contributed by atoms with Crippen LogP contribution in [0.15, 0.2) is 55.0 Å². The van der Waals surface area contributed by atoms with Crippen LogP contribution in [0.3, 0.4) is 0 Å². The lowest BCUT2D eigenvalue weighted by molar-refractivity contribution is 0.261. The fraction of sp³-hybridized carbons (Fsp3) is 0.200. The minimum absolute atomic E-state index is 0.560. The average Bonchev–Trinajstić information content (AvgIpc) is 2.84. The third-order valence-electron chi connectivity index (χ3n) is 5.10. The van der Waals surface area contributed by atoms with E-state index in [2.05, 4.69) is 42.4 Å². The van der Waals surface area contributed by atoms with Crippen molar-refractivity contribution in [2.24, 2.45) is 0 Å². The molecule has 5 heterocycles. The first-order valence-electron chi connectivity index (χ1n) is 10.7. The zero-order valence-corrected chi connectivity index (χ0v) is 18.1. The number of pyridine rings is 4. The first-order chi connectivity index (χ1) is 16.3. The van der Waals surface area contributed by atoms with Gasteiger partial charge in [-0.15, -0.1) is 0 Å². The van der Waals surface area contributed by atoms with Crippen LogP contribution in [0.1, 0.15) is 24.1 Å². The Hall–Kier alpha value is -4.38. The van der Waals surface area contributed by atoms with Crippen molar-refractivity contribution in [1.82, 2.24) is 19.9 Å². The molecular weight excluding hydrogens is 416 g/mol. The van der Waals surface area contributed by atoms with Gasteiger partial charge >= 0.3 is 0 Å². The van der Waals surface area contributed by atoms with E-state index in [1.54, 1.807) is 18.6 Å². The second-order valence-electron chi connectivity index (χ2n) is 7.40. The highest BCUT2D eigenvalue weighted by molar-refractivity contribution is 5.96. The number of nitrogens with one attached hydrogen (secondary N) is 2. The lowest BCUT2D eigenvalue weighted by Gasteiger charge is -2.11. The van der Waals surface area contributed by atoms with Crippen molar-refractivity contribution in [3.05, 3.63) is 66.2 Å². The van der Waals surface area contributed by atoms with Crippen LogP contribution < -0.4 is 20.1 Å². The maximum absolute atomic E-state index is 5.86. The van der Waals surface area contributed by atoms with Crippen LogP contribution in [0.2, 0.25) is 0 Å². The molecule has 0 saturated carbocycles. The Kier molecular flexibility index (Phi) is 5.85. The molecule has 33 heavy (non-hydrogen) atoms. The smallest absolute Gasteiger partial charge is 0.215 e. The Labute approximate surface area is 191 Å². The van der Waals surface area contributed by atoms with Gasteiger partial charge in [0.2, 0.25) is 5.88 Å². The van der Waals surface area contributed by atoms with Crippen LogP contribution in [-0.2, 0) is 0 Å². The van der Waals surface area contributed by atoms with Gasteiger partial charge in [-0.05, 0) is 37.0 Å². The van der Waals surface area contributed by atoms with Crippen LogP contribution in [0.5, 0.6) is 11.6 Å². The summed E-state index contributed by atoms with van der Waals surface area (Å²) in [7, 11) is 1.83. The third kappa shape index (κ3) is 4.77. The molecule has 1 aliphatic heterocycles. The lowest BCUT2D eigenvalue weighted by Crippen LogP contribution is -2.04. The molecule has 0 aromatic carbocycles. The molecular formula is C25H22N6O2. The molecule has 0 radical (unpaired) electrons. The predicted molar refractivity (Wildman–Crippen MR) is 127 cm³/mol. The minimum atomic E-state index is 0.560. The third-order valence-corrected chi connectivity index (χ3v) is 5.10. The monoisotopic (exact) mass is 438 g/mol. The van der Waals surface area contributed by atoms with E-state index in [-0.39, 0.29) is 0 Å². The fourth-order valence-electron chi connectivity index (χ4n) is 3.47. The van der Waals surface area contributed by atoms with Crippen molar-refractivity contribution in [2.75, 3.05) is 30.9 Å². The number of fused-ring (bicyclic) bond motifs is 5. The standard InChI is InChI=1S/C25H22N6O2/c1-26-25-21-16-28-23-14-20(21)17(15-29-25)7-8-18-13-19(9-10-27-18)32-11-2-3-12-33-24-6-4-5-22(30-23)31-24/h4-6,9-10,13-16H,2-3,11-12H2,1H3,(H,26,29)(H,28,30,31). The van der Waals surface area contributed by atoms with Crippen molar-refractivity contribution in [2.45, 2.75) is 12.8 Å². The highest BCUT2D eigenvalue weighted by atomic mass is 16.5. The van der Waals surface area contributed by atoms with E-state index in [4.69, 9.17) is 9.47 Å². The number of anilines is 3. The fourth-order valence-corrected chi connectivity index (χ4v) is 3.47. The van der Waals surface area contributed by atoms with E-state index < -0.39 is 0 Å². The summed E-state index contributed by atoms with van der Waals surface area (Å²) in [6.45, 7) is 1.15. The Morgan fingerprint density at radius 2 is 1.82 bits per heavy atom. The van der Waals surface area contributed by atoms with E-state index in [0.717, 1.165) is 40.7 Å². The van der Waals surface area contributed by atoms with Crippen LogP contribution in [0.25, 0.3) is 10.8 Å². The molecule has 5 rings (SSSR count). The van der Waals surface area contributed by atoms with E-state index in [9.17, 15) is 0 Å². The minimum Gasteiger partial charge on any atom is -0.493 e. The maximum Gasteiger partial charge on any atom is 0.215 e. The molecule has 4 aromatic rings. The van der Waals surface area contributed by atoms with Crippen molar-refractivity contribution in [3.63, 3.8) is 0 Å². The summed E-state index contributed by atoms with van der Waals surface area (Å²) in [6, 6.07) is 11.2. The van der Waals surface area contributed by atoms with E-state index in [1.807, 2.05) is 43.4 Å². The normalized spacial score (nSPS) is 13.2. The molecule has 8 heteroatoms. The maximum atomic E-state index is 5.86. The van der Waals surface area contributed by atoms with Crippen molar-refractivity contribution >= 4 is 28.2 Å². The number of ether oxygens (including phenoxy) is 2. The molecule has 0 amide bonds. The van der Waals surface area contributed by atoms with E-state index >= 15 is 0 Å². The van der Waals surface area contributed by atoms with Gasteiger partial charge in [0.15, 0.2) is 0 Å². The summed E-state index contributed by atoms with van der Waals surface area (Å²) in [5.74, 6) is 9.68. The second-order valence-corrected chi connectivity index (χ2v) is 7.40. The number of hydrogen-bond acceptors (Lipinski definition) is 8. The van der Waals surface area contributed by atoms with Gasteiger partial charge in [0.25, 0.3) is 0 Å². The molecule has 8 nitrogen and oxygen atoms in total. The van der Waals surface area contributed by atoms with Gasteiger partial charge in [-0.25, -0.2) is 15.0 Å². The average molecular weight is 438 g/mol. The Balaban J connectivity index is 1.60. The van der Waals surface area contributed by atoms with Crippen LogP contribution in [0.4, 0.5) is 17.5 Å². The topological polar surface area (TPSA) is 94.1 Å². The summed E-state index contributed by atoms with van der Waals surface area (Å²) >= 11 is 0. The summed E-state index contributed by atoms with van der Waals surface area (Å²) in [4.78, 5) is 17.9. The van der Waals surface area contributed by atoms with E-state index in [1.165, 1.54) is 0 Å². The molecule has 0 aliphatic carbocycles. The second kappa shape index (κ2) is 9.40. The van der Waals surface area contributed by atoms with Gasteiger partial charge in [0.1, 0.15) is 28.9 Å². The number of nitrogens with zero attached hydrogens (tertiary/aromatic N) is 4. The van der Waals surface area contributed by atoms with E-state index in [0.29, 0.717) is 36.4 Å². The zero-order valence-electron chi connectivity index (χ0n) is 18.1. The molecule has 6 bridgehead atoms. The lowest BCUT2D eigenvalue weighted by atomic mass is 10.1. The predicted octanol–water partition coefficient (Wildman–Crippen LogP) is 4.16. The van der Waals surface area contributed by atoms with Crippen molar-refractivity contribution in [1.29, 1.82) is 0 Å². The molecule has 4 aromatic heterocycles. The van der Waals surface area contributed by atoms with Gasteiger partial charge in [-0.1, -0.05) is 12.0 Å². The van der Waals surface area contributed by atoms with Crippen molar-refractivity contribution < 1.29 is 9.47 Å². The molecule has 0 spiro atoms. The number of aromatic nitrogens is 4. The number of rotatable bonds is 1. The van der Waals surface area contributed by atoms with Gasteiger partial charge in [-0.3, -0.25) is 0 Å². The molecule has 164 valence electrons. The first-order valence-corrected chi connectivity index (χ1v) is 10.7. The Bertz CT molecular complexity index is 1360. The summed E-state index contributed by atoms with van der Waals surface area (Å²) in [5.41, 5.74) is 1.40. The Morgan fingerprint density at radius 1 is 0.909 bits per heavy atom. The summed E-state index contributed by atoms with van der Waals surface area (Å²) in [6.07, 6.45) is 6.94. The van der Waals surface area contributed by atoms with Crippen LogP contribution in [-0.4, -0.2) is 40.2 Å². The van der Waals surface area contributed by atoms with Gasteiger partial charge in [-0.2, -0.15) is 4.98 Å². The van der Waals surface area contributed by atoms with Crippen LogP contribution >= 0.6 is 0 Å². The highest BCUT2D eigenvalue weighted by Gasteiger charge is 2.09. The number of hydrogen-bond donors (Lipinski definition) is 2. The first kappa shape index (κ1) is 20.5. The quantitative estimate of drug-likeness (QED) is 0.428. The van der Waals surface area contributed by atoms with Gasteiger partial charge in [0, 0.05) is 48.5 Å². The molecule has 0 saturated heterocycles. The van der Waals surface area contributed by atoms with Gasteiger partial charge in [0.05, 0.1) is 18.8 Å². The molecule has 0 unspecified atom stereocenters. The largest absolute Gasteiger partial charge is 0.493 e. The SMILES string of the molecule is CNc1ncc2c3cc(ncc13)Nc1cccc(n1)OCCCCOc1ccnc(c1)C#C2. The molecule has 0 atom stereocenters. The summed E-state index contributed by atoms with van der Waals surface area (Å²) in [5, 5.41) is 8.16. The van der Waals surface area contributed by atoms with Gasteiger partial charge < -0.3 is 20.1 Å². The van der Waals surface area contributed by atoms with Crippen LogP contribution in [0, 0.1) is 11.8 Å². The van der Waals surface area contributed by atoms with Crippen molar-refractivity contribution in [3.8, 4) is 23.5 Å². The summed E-state index contributed by atoms with van der Waals surface area (Å²) < 4.78 is 11.7. The molecule has 1 aliphatic rings. The Morgan fingerprint density at radius 3 is 2.73 bits per heavy atom. The molecule has 0 fully saturated rings.